The number of rotatable bonds is 5. The van der Waals surface area contributed by atoms with Crippen LogP contribution in [0.1, 0.15) is 10.6 Å². The number of nitrogens with one attached hydrogen (secondary N) is 1. The summed E-state index contributed by atoms with van der Waals surface area (Å²) in [5, 5.41) is 7.38. The van der Waals surface area contributed by atoms with Crippen molar-refractivity contribution in [2.45, 2.75) is 6.04 Å². The lowest BCUT2D eigenvalue weighted by molar-refractivity contribution is -0.00386. The number of carbonyl (C=O) groups is 1. The van der Waals surface area contributed by atoms with E-state index in [1.807, 2.05) is 36.5 Å². The van der Waals surface area contributed by atoms with Gasteiger partial charge in [0.05, 0.1) is 38.7 Å². The lowest BCUT2D eigenvalue weighted by atomic mass is 10.1. The number of benzene rings is 1. The first-order valence-electron chi connectivity index (χ1n) is 10.9. The molecule has 0 bridgehead atoms. The number of morpholine rings is 1. The van der Waals surface area contributed by atoms with Crippen molar-refractivity contribution in [3.8, 4) is 17.1 Å². The summed E-state index contributed by atoms with van der Waals surface area (Å²) < 4.78 is 18.2. The maximum absolute atomic E-state index is 12.7. The Morgan fingerprint density at radius 2 is 1.85 bits per heavy atom. The van der Waals surface area contributed by atoms with Gasteiger partial charge in [0, 0.05) is 30.9 Å². The third-order valence-corrected chi connectivity index (χ3v) is 5.74. The minimum absolute atomic E-state index is 0.00607. The number of fused-ring (bicyclic) bond motifs is 1. The smallest absolute Gasteiger partial charge is 0.287 e. The van der Waals surface area contributed by atoms with E-state index in [1.54, 1.807) is 16.9 Å². The molecule has 1 amide bonds. The molecule has 0 atom stereocenters. The van der Waals surface area contributed by atoms with Crippen LogP contribution in [0, 0.1) is 0 Å². The second kappa shape index (κ2) is 8.30. The zero-order chi connectivity index (χ0) is 22.2. The molecule has 5 heterocycles. The fourth-order valence-electron chi connectivity index (χ4n) is 3.89. The largest absolute Gasteiger partial charge is 0.445 e. The van der Waals surface area contributed by atoms with Crippen LogP contribution >= 0.6 is 0 Å². The van der Waals surface area contributed by atoms with Gasteiger partial charge in [-0.2, -0.15) is 10.1 Å². The first-order chi connectivity index (χ1) is 16.2. The van der Waals surface area contributed by atoms with Crippen LogP contribution in [0.25, 0.3) is 28.2 Å². The predicted molar refractivity (Wildman–Crippen MR) is 119 cm³/mol. The lowest BCUT2D eigenvalue weighted by Crippen LogP contribution is -2.48. The quantitative estimate of drug-likeness (QED) is 0.496. The average Bonchev–Trinajstić information content (AvgIpc) is 3.49. The van der Waals surface area contributed by atoms with Crippen molar-refractivity contribution in [1.82, 2.24) is 25.1 Å². The van der Waals surface area contributed by atoms with E-state index >= 15 is 0 Å². The number of ether oxygens (including phenoxy) is 2. The van der Waals surface area contributed by atoms with Crippen molar-refractivity contribution in [2.24, 2.45) is 0 Å². The molecule has 10 heteroatoms. The van der Waals surface area contributed by atoms with Gasteiger partial charge in [-0.3, -0.25) is 4.79 Å². The number of nitrogens with zero attached hydrogens (tertiary/aromatic N) is 5. The number of furan rings is 1. The lowest BCUT2D eigenvalue weighted by Gasteiger charge is -2.27. The summed E-state index contributed by atoms with van der Waals surface area (Å²) in [6.07, 6.45) is 3.68. The number of hydrogen-bond donors (Lipinski definition) is 1. The minimum Gasteiger partial charge on any atom is -0.445 e. The molecule has 2 saturated heterocycles. The van der Waals surface area contributed by atoms with Crippen LogP contribution in [-0.2, 0) is 9.47 Å². The van der Waals surface area contributed by atoms with Crippen molar-refractivity contribution in [2.75, 3.05) is 44.4 Å². The Labute approximate surface area is 189 Å². The fourth-order valence-corrected chi connectivity index (χ4v) is 3.89. The number of anilines is 1. The SMILES string of the molecule is O=C(NC1COC1)c1cc2nc(-n3cc(-c4ccccc4)cn3)nc(N3CCOCC3)c2o1. The van der Waals surface area contributed by atoms with Crippen LogP contribution in [0.3, 0.4) is 0 Å². The standard InChI is InChI=1S/C23H22N6O4/c30-22(25-17-13-32-14-17)19-10-18-20(33-19)21(28-6-8-31-9-7-28)27-23(26-18)29-12-16(11-24-29)15-4-2-1-3-5-15/h1-5,10-12,17H,6-9,13-14H2,(H,25,30). The highest BCUT2D eigenvalue weighted by Crippen LogP contribution is 2.29. The van der Waals surface area contributed by atoms with Crippen molar-refractivity contribution in [3.05, 3.63) is 54.6 Å². The molecular formula is C23H22N6O4. The Kier molecular flexibility index (Phi) is 5.00. The molecule has 10 nitrogen and oxygen atoms in total. The molecule has 1 aromatic carbocycles. The molecule has 2 aliphatic rings. The molecule has 33 heavy (non-hydrogen) atoms. The normalized spacial score (nSPS) is 16.7. The van der Waals surface area contributed by atoms with Gasteiger partial charge in [-0.15, -0.1) is 0 Å². The number of amides is 1. The summed E-state index contributed by atoms with van der Waals surface area (Å²) in [5.41, 5.74) is 3.04. The Balaban J connectivity index is 1.40. The maximum Gasteiger partial charge on any atom is 0.287 e. The van der Waals surface area contributed by atoms with Crippen molar-refractivity contribution >= 4 is 22.8 Å². The highest BCUT2D eigenvalue weighted by molar-refractivity contribution is 5.97. The van der Waals surface area contributed by atoms with Crippen LogP contribution < -0.4 is 10.2 Å². The van der Waals surface area contributed by atoms with Gasteiger partial charge >= 0.3 is 0 Å². The molecule has 0 aliphatic carbocycles. The molecule has 6 rings (SSSR count). The molecular weight excluding hydrogens is 424 g/mol. The van der Waals surface area contributed by atoms with E-state index < -0.39 is 0 Å². The van der Waals surface area contributed by atoms with Crippen LogP contribution in [-0.4, -0.2) is 71.2 Å². The summed E-state index contributed by atoms with van der Waals surface area (Å²) in [4.78, 5) is 24.2. The molecule has 1 N–H and O–H groups in total. The molecule has 168 valence electrons. The minimum atomic E-state index is -0.291. The van der Waals surface area contributed by atoms with Gasteiger partial charge in [-0.05, 0) is 5.56 Å². The van der Waals surface area contributed by atoms with Crippen LogP contribution in [0.5, 0.6) is 0 Å². The van der Waals surface area contributed by atoms with Gasteiger partial charge < -0.3 is 24.1 Å². The molecule has 2 aliphatic heterocycles. The second-order valence-corrected chi connectivity index (χ2v) is 8.02. The first kappa shape index (κ1) is 19.9. The molecule has 0 spiro atoms. The Bertz CT molecular complexity index is 1290. The van der Waals surface area contributed by atoms with Crippen molar-refractivity contribution in [1.29, 1.82) is 0 Å². The number of hydrogen-bond acceptors (Lipinski definition) is 8. The van der Waals surface area contributed by atoms with Crippen molar-refractivity contribution < 1.29 is 18.7 Å². The van der Waals surface area contributed by atoms with Gasteiger partial charge in [0.25, 0.3) is 11.9 Å². The molecule has 0 radical (unpaired) electrons. The zero-order valence-corrected chi connectivity index (χ0v) is 17.8. The Hall–Kier alpha value is -3.76. The highest BCUT2D eigenvalue weighted by atomic mass is 16.5. The van der Waals surface area contributed by atoms with E-state index in [9.17, 15) is 4.79 Å². The van der Waals surface area contributed by atoms with E-state index in [-0.39, 0.29) is 17.7 Å². The molecule has 0 saturated carbocycles. The molecule has 3 aromatic heterocycles. The van der Waals surface area contributed by atoms with Crippen LogP contribution in [0.2, 0.25) is 0 Å². The summed E-state index contributed by atoms with van der Waals surface area (Å²) in [7, 11) is 0. The monoisotopic (exact) mass is 446 g/mol. The van der Waals surface area contributed by atoms with Gasteiger partial charge in [0.2, 0.25) is 0 Å². The predicted octanol–water partition coefficient (Wildman–Crippen LogP) is 2.04. The highest BCUT2D eigenvalue weighted by Gasteiger charge is 2.26. The van der Waals surface area contributed by atoms with Gasteiger partial charge in [-0.25, -0.2) is 9.67 Å². The summed E-state index contributed by atoms with van der Waals surface area (Å²) in [6.45, 7) is 3.55. The third kappa shape index (κ3) is 3.83. The van der Waals surface area contributed by atoms with E-state index in [2.05, 4.69) is 20.3 Å². The third-order valence-electron chi connectivity index (χ3n) is 5.74. The fraction of sp³-hybridized carbons (Fsp3) is 0.304. The summed E-state index contributed by atoms with van der Waals surface area (Å²) in [5.74, 6) is 0.942. The van der Waals surface area contributed by atoms with E-state index in [1.165, 1.54) is 0 Å². The summed E-state index contributed by atoms with van der Waals surface area (Å²) >= 11 is 0. The van der Waals surface area contributed by atoms with E-state index in [4.69, 9.17) is 18.9 Å². The first-order valence-corrected chi connectivity index (χ1v) is 10.9. The van der Waals surface area contributed by atoms with Crippen molar-refractivity contribution in [3.63, 3.8) is 0 Å². The topological polar surface area (TPSA) is 108 Å². The van der Waals surface area contributed by atoms with E-state index in [0.717, 1.165) is 11.1 Å². The van der Waals surface area contributed by atoms with Gasteiger partial charge in [-0.1, -0.05) is 30.3 Å². The van der Waals surface area contributed by atoms with Crippen LogP contribution in [0.4, 0.5) is 5.82 Å². The maximum atomic E-state index is 12.7. The Morgan fingerprint density at radius 1 is 1.03 bits per heavy atom. The average molecular weight is 446 g/mol. The summed E-state index contributed by atoms with van der Waals surface area (Å²) in [6, 6.07) is 11.7. The molecule has 2 fully saturated rings. The second-order valence-electron chi connectivity index (χ2n) is 8.02. The number of carbonyl (C=O) groups excluding carboxylic acids is 1. The molecule has 4 aromatic rings. The van der Waals surface area contributed by atoms with Gasteiger partial charge in [0.15, 0.2) is 17.2 Å². The van der Waals surface area contributed by atoms with E-state index in [0.29, 0.717) is 62.4 Å². The zero-order valence-electron chi connectivity index (χ0n) is 17.8. The molecule has 0 unspecified atom stereocenters. The Morgan fingerprint density at radius 3 is 2.61 bits per heavy atom. The van der Waals surface area contributed by atoms with Gasteiger partial charge in [0.1, 0.15) is 5.52 Å². The van der Waals surface area contributed by atoms with Crippen LogP contribution in [0.15, 0.2) is 53.2 Å². The number of aromatic nitrogens is 4.